The van der Waals surface area contributed by atoms with Crippen molar-refractivity contribution in [2.45, 2.75) is 32.1 Å². The molecule has 2 aromatic carbocycles. The fourth-order valence-electron chi connectivity index (χ4n) is 2.87. The number of hydrogen-bond donors (Lipinski definition) is 2. The molecule has 0 heterocycles. The lowest BCUT2D eigenvalue weighted by Crippen LogP contribution is -2.31. The Morgan fingerprint density at radius 2 is 1.52 bits per heavy atom. The van der Waals surface area contributed by atoms with E-state index in [1.165, 1.54) is 28.6 Å². The fourth-order valence-corrected chi connectivity index (χ4v) is 5.49. The van der Waals surface area contributed by atoms with Gasteiger partial charge in [0, 0.05) is 24.5 Å². The number of sulfonamides is 2. The van der Waals surface area contributed by atoms with Crippen molar-refractivity contribution >= 4 is 37.3 Å². The number of carbonyl (C=O) groups is 1. The van der Waals surface area contributed by atoms with Crippen LogP contribution in [0.3, 0.4) is 0 Å². The van der Waals surface area contributed by atoms with Gasteiger partial charge in [-0.05, 0) is 48.9 Å². The molecule has 0 fully saturated rings. The Morgan fingerprint density at radius 3 is 2.06 bits per heavy atom. The molecule has 0 aromatic heterocycles. The second kappa shape index (κ2) is 10.2. The van der Waals surface area contributed by atoms with Gasteiger partial charge in [0.1, 0.15) is 5.82 Å². The smallest absolute Gasteiger partial charge is 0.258 e. The first-order chi connectivity index (χ1) is 14.5. The summed E-state index contributed by atoms with van der Waals surface area (Å²) in [4.78, 5) is 12.4. The van der Waals surface area contributed by atoms with Crippen LogP contribution in [0.25, 0.3) is 0 Å². The first-order valence-corrected chi connectivity index (χ1v) is 12.8. The summed E-state index contributed by atoms with van der Waals surface area (Å²) in [5, 5.41) is 2.49. The van der Waals surface area contributed by atoms with Gasteiger partial charge in [0.05, 0.1) is 16.2 Å². The van der Waals surface area contributed by atoms with Crippen molar-refractivity contribution in [3.05, 3.63) is 53.8 Å². The predicted molar refractivity (Wildman–Crippen MR) is 119 cm³/mol. The van der Waals surface area contributed by atoms with Gasteiger partial charge >= 0.3 is 0 Å². The fraction of sp³-hybridized carbons (Fsp3) is 0.350. The Hall–Kier alpha value is -2.50. The number of anilines is 2. The van der Waals surface area contributed by atoms with Crippen LogP contribution < -0.4 is 10.0 Å². The van der Waals surface area contributed by atoms with Crippen LogP contribution in [0.1, 0.15) is 37.6 Å². The Balaban J connectivity index is 2.22. The van der Waals surface area contributed by atoms with E-state index in [1.807, 2.05) is 0 Å². The van der Waals surface area contributed by atoms with E-state index >= 15 is 0 Å². The number of benzene rings is 2. The van der Waals surface area contributed by atoms with Crippen LogP contribution in [0.15, 0.2) is 47.4 Å². The van der Waals surface area contributed by atoms with Crippen LogP contribution >= 0.6 is 0 Å². The van der Waals surface area contributed by atoms with Crippen molar-refractivity contribution in [2.24, 2.45) is 0 Å². The molecule has 0 radical (unpaired) electrons. The standard InChI is InChI=1S/C20H26FN3O5S2/c1-4-13-30(26,27)23-16-9-7-15(8-10-16)22-20(25)18-14-17(11-12-19(18)21)31(28,29)24(5-2)6-3/h7-12,14,23H,4-6,13H2,1-3H3,(H,22,25). The number of nitrogens with zero attached hydrogens (tertiary/aromatic N) is 1. The largest absolute Gasteiger partial charge is 0.322 e. The lowest BCUT2D eigenvalue weighted by Gasteiger charge is -2.19. The predicted octanol–water partition coefficient (Wildman–Crippen LogP) is 3.26. The van der Waals surface area contributed by atoms with Gasteiger partial charge in [-0.3, -0.25) is 9.52 Å². The molecule has 0 atom stereocenters. The maximum atomic E-state index is 14.3. The van der Waals surface area contributed by atoms with Crippen molar-refractivity contribution < 1.29 is 26.0 Å². The van der Waals surface area contributed by atoms with E-state index in [2.05, 4.69) is 10.0 Å². The van der Waals surface area contributed by atoms with Crippen molar-refractivity contribution in [3.8, 4) is 0 Å². The summed E-state index contributed by atoms with van der Waals surface area (Å²) < 4.78 is 66.8. The molecule has 0 spiro atoms. The van der Waals surface area contributed by atoms with Gasteiger partial charge in [-0.1, -0.05) is 20.8 Å². The van der Waals surface area contributed by atoms with Gasteiger partial charge in [0.25, 0.3) is 5.91 Å². The van der Waals surface area contributed by atoms with Crippen molar-refractivity contribution in [1.29, 1.82) is 0 Å². The molecule has 0 unspecified atom stereocenters. The lowest BCUT2D eigenvalue weighted by molar-refractivity contribution is 0.102. The Labute approximate surface area is 182 Å². The molecule has 170 valence electrons. The third-order valence-electron chi connectivity index (χ3n) is 4.41. The van der Waals surface area contributed by atoms with E-state index in [1.54, 1.807) is 20.8 Å². The molecule has 0 aliphatic heterocycles. The molecule has 0 saturated heterocycles. The van der Waals surface area contributed by atoms with Crippen LogP contribution in [0, 0.1) is 5.82 Å². The number of carbonyl (C=O) groups excluding carboxylic acids is 1. The van der Waals surface area contributed by atoms with E-state index in [0.717, 1.165) is 18.2 Å². The summed E-state index contributed by atoms with van der Waals surface area (Å²) in [6, 6.07) is 8.90. The molecule has 8 nitrogen and oxygen atoms in total. The minimum atomic E-state index is -3.85. The normalized spacial score (nSPS) is 12.0. The van der Waals surface area contributed by atoms with Crippen LogP contribution in [-0.2, 0) is 20.0 Å². The third kappa shape index (κ3) is 6.25. The topological polar surface area (TPSA) is 113 Å². The second-order valence-electron chi connectivity index (χ2n) is 6.68. The SMILES string of the molecule is CCCS(=O)(=O)Nc1ccc(NC(=O)c2cc(S(=O)(=O)N(CC)CC)ccc2F)cc1. The molecule has 0 saturated carbocycles. The molecule has 1 amide bonds. The minimum Gasteiger partial charge on any atom is -0.322 e. The first-order valence-electron chi connectivity index (χ1n) is 9.75. The van der Waals surface area contributed by atoms with Gasteiger partial charge in [0.2, 0.25) is 20.0 Å². The Morgan fingerprint density at radius 1 is 0.935 bits per heavy atom. The van der Waals surface area contributed by atoms with Crippen molar-refractivity contribution in [2.75, 3.05) is 28.9 Å². The highest BCUT2D eigenvalue weighted by atomic mass is 32.2. The molecular formula is C20H26FN3O5S2. The van der Waals surface area contributed by atoms with Crippen molar-refractivity contribution in [1.82, 2.24) is 4.31 Å². The molecule has 2 aromatic rings. The molecule has 2 rings (SSSR count). The summed E-state index contributed by atoms with van der Waals surface area (Å²) in [6.45, 7) is 5.60. The average molecular weight is 472 g/mol. The van der Waals surface area contributed by atoms with Crippen LogP contribution in [0.2, 0.25) is 0 Å². The highest BCUT2D eigenvalue weighted by Crippen LogP contribution is 2.21. The Kier molecular flexibility index (Phi) is 8.15. The molecule has 31 heavy (non-hydrogen) atoms. The monoisotopic (exact) mass is 471 g/mol. The van der Waals surface area contributed by atoms with Gasteiger partial charge in [0.15, 0.2) is 0 Å². The van der Waals surface area contributed by atoms with Gasteiger partial charge in [-0.2, -0.15) is 4.31 Å². The van der Waals surface area contributed by atoms with Gasteiger partial charge in [-0.25, -0.2) is 21.2 Å². The van der Waals surface area contributed by atoms with Crippen LogP contribution in [0.4, 0.5) is 15.8 Å². The maximum absolute atomic E-state index is 14.3. The summed E-state index contributed by atoms with van der Waals surface area (Å²) in [5.41, 5.74) is 0.200. The number of rotatable bonds is 10. The van der Waals surface area contributed by atoms with Gasteiger partial charge in [-0.15, -0.1) is 0 Å². The zero-order chi connectivity index (χ0) is 23.2. The zero-order valence-electron chi connectivity index (χ0n) is 17.6. The summed E-state index contributed by atoms with van der Waals surface area (Å²) in [5.74, 6) is -1.70. The van der Waals surface area contributed by atoms with Crippen LogP contribution in [-0.4, -0.2) is 45.9 Å². The van der Waals surface area contributed by atoms with Crippen LogP contribution in [0.5, 0.6) is 0 Å². The molecule has 11 heteroatoms. The summed E-state index contributed by atoms with van der Waals surface area (Å²) in [6.07, 6.45) is 0.470. The van der Waals surface area contributed by atoms with E-state index in [-0.39, 0.29) is 23.7 Å². The number of nitrogens with one attached hydrogen (secondary N) is 2. The third-order valence-corrected chi connectivity index (χ3v) is 7.95. The number of halogens is 1. The molecule has 2 N–H and O–H groups in total. The van der Waals surface area contributed by atoms with E-state index in [9.17, 15) is 26.0 Å². The highest BCUT2D eigenvalue weighted by Gasteiger charge is 2.24. The second-order valence-corrected chi connectivity index (χ2v) is 10.5. The quantitative estimate of drug-likeness (QED) is 0.552. The lowest BCUT2D eigenvalue weighted by atomic mass is 10.2. The summed E-state index contributed by atoms with van der Waals surface area (Å²) >= 11 is 0. The van der Waals surface area contributed by atoms with E-state index in [4.69, 9.17) is 0 Å². The van der Waals surface area contributed by atoms with Gasteiger partial charge < -0.3 is 5.32 Å². The number of hydrogen-bond acceptors (Lipinski definition) is 5. The molecule has 0 aliphatic rings. The number of amides is 1. The van der Waals surface area contributed by atoms with Crippen molar-refractivity contribution in [3.63, 3.8) is 0 Å². The zero-order valence-corrected chi connectivity index (χ0v) is 19.2. The Bertz CT molecular complexity index is 1130. The van der Waals surface area contributed by atoms with E-state index < -0.39 is 37.3 Å². The first kappa shape index (κ1) is 24.8. The van der Waals surface area contributed by atoms with E-state index in [0.29, 0.717) is 17.8 Å². The minimum absolute atomic E-state index is 0.0164. The molecule has 0 aliphatic carbocycles. The molecular weight excluding hydrogens is 445 g/mol. The highest BCUT2D eigenvalue weighted by molar-refractivity contribution is 7.92. The summed E-state index contributed by atoms with van der Waals surface area (Å²) in [7, 11) is -7.30. The molecule has 0 bridgehead atoms. The maximum Gasteiger partial charge on any atom is 0.258 e. The average Bonchev–Trinajstić information content (AvgIpc) is 2.70.